The Morgan fingerprint density at radius 3 is 2.70 bits per heavy atom. The molecule has 1 N–H and O–H groups in total. The van der Waals surface area contributed by atoms with Crippen LogP contribution in [-0.4, -0.2) is 20.9 Å². The van der Waals surface area contributed by atoms with Crippen LogP contribution in [0.5, 0.6) is 0 Å². The number of hydrogen-bond acceptors (Lipinski definition) is 3. The van der Waals surface area contributed by atoms with Crippen LogP contribution in [0.3, 0.4) is 0 Å². The Balaban J connectivity index is 1.89. The van der Waals surface area contributed by atoms with Gasteiger partial charge in [0.2, 0.25) is 0 Å². The van der Waals surface area contributed by atoms with Gasteiger partial charge in [-0.25, -0.2) is 0 Å². The minimum Gasteiger partial charge on any atom is -0.320 e. The molecule has 5 nitrogen and oxygen atoms in total. The van der Waals surface area contributed by atoms with Crippen LogP contribution in [0.25, 0.3) is 5.69 Å². The molecule has 0 aliphatic rings. The molecule has 2 aromatic carbocycles. The molecule has 1 aromatic heterocycles. The standard InChI is InChI=1S/C16H12ClIN4O/c1-10-15(16(23)19-14-8-3-2-7-13(14)18)21-22(20-10)12-6-4-5-11(17)9-12/h2-9H,1H3,(H,19,23). The molecule has 3 rings (SSSR count). The summed E-state index contributed by atoms with van der Waals surface area (Å²) >= 11 is 8.15. The van der Waals surface area contributed by atoms with Crippen molar-refractivity contribution in [2.24, 2.45) is 0 Å². The van der Waals surface area contributed by atoms with Crippen LogP contribution in [0.1, 0.15) is 16.2 Å². The summed E-state index contributed by atoms with van der Waals surface area (Å²) in [4.78, 5) is 13.9. The zero-order chi connectivity index (χ0) is 16.4. The number of benzene rings is 2. The summed E-state index contributed by atoms with van der Waals surface area (Å²) in [7, 11) is 0. The van der Waals surface area contributed by atoms with Gasteiger partial charge in [-0.3, -0.25) is 4.79 Å². The Morgan fingerprint density at radius 1 is 1.17 bits per heavy atom. The average molecular weight is 439 g/mol. The van der Waals surface area contributed by atoms with Crippen LogP contribution in [0.2, 0.25) is 5.02 Å². The van der Waals surface area contributed by atoms with E-state index in [1.54, 1.807) is 19.1 Å². The lowest BCUT2D eigenvalue weighted by molar-refractivity contribution is 0.102. The molecule has 116 valence electrons. The lowest BCUT2D eigenvalue weighted by atomic mass is 10.3. The van der Waals surface area contributed by atoms with Gasteiger partial charge in [0.15, 0.2) is 5.69 Å². The first kappa shape index (κ1) is 15.9. The van der Waals surface area contributed by atoms with Gasteiger partial charge in [0.1, 0.15) is 0 Å². The zero-order valence-electron chi connectivity index (χ0n) is 12.1. The van der Waals surface area contributed by atoms with Gasteiger partial charge in [0.25, 0.3) is 5.91 Å². The molecule has 1 heterocycles. The predicted octanol–water partition coefficient (Wildman–Crippen LogP) is 4.09. The molecule has 0 saturated carbocycles. The molecule has 0 radical (unpaired) electrons. The molecule has 3 aromatic rings. The third-order valence-electron chi connectivity index (χ3n) is 3.16. The maximum atomic E-state index is 12.4. The number of aryl methyl sites for hydroxylation is 1. The van der Waals surface area contributed by atoms with Crippen molar-refractivity contribution in [1.29, 1.82) is 0 Å². The smallest absolute Gasteiger partial charge is 0.278 e. The highest BCUT2D eigenvalue weighted by Crippen LogP contribution is 2.19. The number of para-hydroxylation sites is 1. The molecule has 0 aliphatic carbocycles. The number of aromatic nitrogens is 3. The highest BCUT2D eigenvalue weighted by molar-refractivity contribution is 14.1. The molecular weight excluding hydrogens is 427 g/mol. The quantitative estimate of drug-likeness (QED) is 0.627. The van der Waals surface area contributed by atoms with E-state index in [-0.39, 0.29) is 11.6 Å². The lowest BCUT2D eigenvalue weighted by Gasteiger charge is -2.05. The largest absolute Gasteiger partial charge is 0.320 e. The van der Waals surface area contributed by atoms with Crippen LogP contribution < -0.4 is 5.32 Å². The summed E-state index contributed by atoms with van der Waals surface area (Å²) in [6.45, 7) is 1.75. The summed E-state index contributed by atoms with van der Waals surface area (Å²) in [5, 5.41) is 12.0. The summed E-state index contributed by atoms with van der Waals surface area (Å²) in [5.74, 6) is -0.292. The minimum absolute atomic E-state index is 0.282. The second-order valence-corrected chi connectivity index (χ2v) is 6.44. The van der Waals surface area contributed by atoms with Gasteiger partial charge in [-0.2, -0.15) is 9.90 Å². The van der Waals surface area contributed by atoms with Crippen LogP contribution in [0.15, 0.2) is 48.5 Å². The Morgan fingerprint density at radius 2 is 1.96 bits per heavy atom. The first-order valence-electron chi connectivity index (χ1n) is 6.80. The fourth-order valence-electron chi connectivity index (χ4n) is 2.05. The van der Waals surface area contributed by atoms with Crippen LogP contribution >= 0.6 is 34.2 Å². The minimum atomic E-state index is -0.292. The van der Waals surface area contributed by atoms with Crippen molar-refractivity contribution in [3.8, 4) is 5.69 Å². The molecule has 7 heteroatoms. The highest BCUT2D eigenvalue weighted by Gasteiger charge is 2.17. The molecule has 1 amide bonds. The summed E-state index contributed by atoms with van der Waals surface area (Å²) in [6, 6.07) is 14.7. The monoisotopic (exact) mass is 438 g/mol. The van der Waals surface area contributed by atoms with E-state index in [4.69, 9.17) is 11.6 Å². The fraction of sp³-hybridized carbons (Fsp3) is 0.0625. The van der Waals surface area contributed by atoms with Crippen LogP contribution in [-0.2, 0) is 0 Å². The maximum Gasteiger partial charge on any atom is 0.278 e. The van der Waals surface area contributed by atoms with E-state index >= 15 is 0 Å². The van der Waals surface area contributed by atoms with Crippen LogP contribution in [0.4, 0.5) is 5.69 Å². The summed E-state index contributed by atoms with van der Waals surface area (Å²) in [6.07, 6.45) is 0. The average Bonchev–Trinajstić information content (AvgIpc) is 2.92. The number of halogens is 2. The fourth-order valence-corrected chi connectivity index (χ4v) is 2.76. The summed E-state index contributed by atoms with van der Waals surface area (Å²) < 4.78 is 0.957. The van der Waals surface area contributed by atoms with Gasteiger partial charge in [-0.1, -0.05) is 29.8 Å². The first-order chi connectivity index (χ1) is 11.0. The third kappa shape index (κ3) is 3.53. The van der Waals surface area contributed by atoms with Crippen molar-refractivity contribution in [2.45, 2.75) is 6.92 Å². The normalized spacial score (nSPS) is 10.6. The molecule has 0 fully saturated rings. The third-order valence-corrected chi connectivity index (χ3v) is 4.33. The zero-order valence-corrected chi connectivity index (χ0v) is 15.0. The first-order valence-corrected chi connectivity index (χ1v) is 8.26. The van der Waals surface area contributed by atoms with Gasteiger partial charge >= 0.3 is 0 Å². The van der Waals surface area contributed by atoms with Gasteiger partial charge in [0.05, 0.1) is 17.1 Å². The van der Waals surface area contributed by atoms with Crippen molar-refractivity contribution in [2.75, 3.05) is 5.32 Å². The number of carbonyl (C=O) groups is 1. The van der Waals surface area contributed by atoms with Crippen molar-refractivity contribution < 1.29 is 4.79 Å². The number of nitrogens with one attached hydrogen (secondary N) is 1. The van der Waals surface area contributed by atoms with Gasteiger partial charge in [-0.15, -0.1) is 5.10 Å². The Bertz CT molecular complexity index is 878. The molecule has 0 atom stereocenters. The van der Waals surface area contributed by atoms with E-state index in [0.29, 0.717) is 16.4 Å². The summed E-state index contributed by atoms with van der Waals surface area (Å²) in [5.41, 5.74) is 2.28. The van der Waals surface area contributed by atoms with E-state index in [0.717, 1.165) is 9.26 Å². The molecule has 0 aliphatic heterocycles. The number of nitrogens with zero attached hydrogens (tertiary/aromatic N) is 3. The highest BCUT2D eigenvalue weighted by atomic mass is 127. The number of hydrogen-bond donors (Lipinski definition) is 1. The second-order valence-electron chi connectivity index (χ2n) is 4.84. The van der Waals surface area contributed by atoms with Crippen LogP contribution in [0, 0.1) is 10.5 Å². The van der Waals surface area contributed by atoms with Crippen molar-refractivity contribution in [1.82, 2.24) is 15.0 Å². The molecule has 0 bridgehead atoms. The molecular formula is C16H12ClIN4O. The molecule has 0 unspecified atom stereocenters. The van der Waals surface area contributed by atoms with Gasteiger partial charge in [-0.05, 0) is 59.8 Å². The van der Waals surface area contributed by atoms with E-state index in [1.165, 1.54) is 4.80 Å². The van der Waals surface area contributed by atoms with Gasteiger partial charge in [0, 0.05) is 8.59 Å². The molecule has 23 heavy (non-hydrogen) atoms. The van der Waals surface area contributed by atoms with Crippen molar-refractivity contribution in [3.05, 3.63) is 68.5 Å². The Kier molecular flexibility index (Phi) is 4.63. The number of amides is 1. The Labute approximate surface area is 151 Å². The van der Waals surface area contributed by atoms with Crippen molar-refractivity contribution in [3.63, 3.8) is 0 Å². The number of anilines is 1. The SMILES string of the molecule is Cc1nn(-c2cccc(Cl)c2)nc1C(=O)Nc1ccccc1I. The lowest BCUT2D eigenvalue weighted by Crippen LogP contribution is -2.15. The predicted molar refractivity (Wildman–Crippen MR) is 98.2 cm³/mol. The van der Waals surface area contributed by atoms with E-state index < -0.39 is 0 Å². The number of rotatable bonds is 3. The molecule has 0 saturated heterocycles. The van der Waals surface area contributed by atoms with Gasteiger partial charge < -0.3 is 5.32 Å². The molecule has 0 spiro atoms. The number of carbonyl (C=O) groups excluding carboxylic acids is 1. The topological polar surface area (TPSA) is 59.8 Å². The van der Waals surface area contributed by atoms with E-state index in [2.05, 4.69) is 38.1 Å². The van der Waals surface area contributed by atoms with E-state index in [1.807, 2.05) is 36.4 Å². The maximum absolute atomic E-state index is 12.4. The van der Waals surface area contributed by atoms with E-state index in [9.17, 15) is 4.79 Å². The van der Waals surface area contributed by atoms with Crippen molar-refractivity contribution >= 4 is 45.8 Å². The Hall–Kier alpha value is -1.93. The second kappa shape index (κ2) is 6.67.